The van der Waals surface area contributed by atoms with Gasteiger partial charge < -0.3 is 14.2 Å². The number of carbonyl (C=O) groups is 4. The molecule has 1 saturated heterocycles. The zero-order valence-electron chi connectivity index (χ0n) is 22.7. The Kier molecular flexibility index (Phi) is 8.65. The summed E-state index contributed by atoms with van der Waals surface area (Å²) in [6.07, 6.45) is -2.34. The van der Waals surface area contributed by atoms with Crippen LogP contribution in [0.4, 0.5) is 14.4 Å². The standard InChI is InChI=1S/C26H39N3O7/c1-24(2,3)19(29(23(33)36-26(7,8)9)27-21(31)35-25(4,5)6)20(30)28-18(16-34-22(28)32)15-17-13-11-10-12-14-17/h10-14,18-19H,15-16H2,1-9H3,(H,27,31)/t18-,19+/m0/s1. The van der Waals surface area contributed by atoms with Gasteiger partial charge in [0.1, 0.15) is 23.9 Å². The fourth-order valence-corrected chi connectivity index (χ4v) is 3.69. The highest BCUT2D eigenvalue weighted by Crippen LogP contribution is 2.30. The molecule has 0 radical (unpaired) electrons. The van der Waals surface area contributed by atoms with Crippen LogP contribution < -0.4 is 5.43 Å². The van der Waals surface area contributed by atoms with Crippen LogP contribution in [0.2, 0.25) is 0 Å². The van der Waals surface area contributed by atoms with E-state index in [9.17, 15) is 19.2 Å². The van der Waals surface area contributed by atoms with E-state index in [4.69, 9.17) is 14.2 Å². The number of rotatable bonds is 4. The largest absolute Gasteiger partial charge is 0.447 e. The van der Waals surface area contributed by atoms with E-state index >= 15 is 0 Å². The first kappa shape index (κ1) is 28.9. The van der Waals surface area contributed by atoms with E-state index in [1.165, 1.54) is 0 Å². The fraction of sp³-hybridized carbons (Fsp3) is 0.615. The fourth-order valence-electron chi connectivity index (χ4n) is 3.69. The third-order valence-corrected chi connectivity index (χ3v) is 5.03. The van der Waals surface area contributed by atoms with Crippen molar-refractivity contribution in [2.24, 2.45) is 5.41 Å². The van der Waals surface area contributed by atoms with Crippen LogP contribution in [0.1, 0.15) is 67.9 Å². The highest BCUT2D eigenvalue weighted by atomic mass is 16.6. The van der Waals surface area contributed by atoms with Gasteiger partial charge in [-0.1, -0.05) is 51.1 Å². The lowest BCUT2D eigenvalue weighted by Crippen LogP contribution is -2.64. The monoisotopic (exact) mass is 505 g/mol. The molecule has 2 rings (SSSR count). The van der Waals surface area contributed by atoms with Gasteiger partial charge in [0, 0.05) is 0 Å². The van der Waals surface area contributed by atoms with Gasteiger partial charge in [0.2, 0.25) is 0 Å². The third kappa shape index (κ3) is 8.13. The van der Waals surface area contributed by atoms with Gasteiger partial charge in [-0.05, 0) is 58.9 Å². The van der Waals surface area contributed by atoms with Crippen LogP contribution in [-0.2, 0) is 25.4 Å². The Bertz CT molecular complexity index is 958. The number of ether oxygens (including phenoxy) is 3. The summed E-state index contributed by atoms with van der Waals surface area (Å²) in [4.78, 5) is 53.7. The van der Waals surface area contributed by atoms with Crippen molar-refractivity contribution in [3.63, 3.8) is 0 Å². The lowest BCUT2D eigenvalue weighted by atomic mass is 9.85. The van der Waals surface area contributed by atoms with Crippen LogP contribution in [0.25, 0.3) is 0 Å². The van der Waals surface area contributed by atoms with Crippen LogP contribution in [-0.4, -0.2) is 64.0 Å². The Hall–Kier alpha value is -3.30. The number of nitrogens with zero attached hydrogens (tertiary/aromatic N) is 2. The minimum atomic E-state index is -1.32. The summed E-state index contributed by atoms with van der Waals surface area (Å²) in [5.74, 6) is -0.701. The number of hydrogen-bond acceptors (Lipinski definition) is 7. The average Bonchev–Trinajstić information content (AvgIpc) is 3.04. The van der Waals surface area contributed by atoms with Crippen molar-refractivity contribution in [2.75, 3.05) is 6.61 Å². The van der Waals surface area contributed by atoms with E-state index in [1.807, 2.05) is 30.3 Å². The molecular formula is C26H39N3O7. The lowest BCUT2D eigenvalue weighted by Gasteiger charge is -2.40. The number of hydrazine groups is 1. The highest BCUT2D eigenvalue weighted by molar-refractivity contribution is 5.98. The maximum Gasteiger partial charge on any atom is 0.430 e. The highest BCUT2D eigenvalue weighted by Gasteiger charge is 2.49. The maximum atomic E-state index is 14.0. The minimum absolute atomic E-state index is 0.0161. The molecule has 1 fully saturated rings. The molecule has 2 atom stereocenters. The smallest absolute Gasteiger partial charge is 0.430 e. The normalized spacial score (nSPS) is 17.2. The number of imide groups is 1. The van der Waals surface area contributed by atoms with Crippen LogP contribution >= 0.6 is 0 Å². The number of nitrogens with one attached hydrogen (secondary N) is 1. The van der Waals surface area contributed by atoms with Crippen molar-refractivity contribution in [1.29, 1.82) is 0 Å². The summed E-state index contributed by atoms with van der Waals surface area (Å²) in [6.45, 7) is 15.2. The Balaban J connectivity index is 2.46. The molecule has 1 N–H and O–H groups in total. The molecule has 1 aromatic carbocycles. The van der Waals surface area contributed by atoms with E-state index in [1.54, 1.807) is 62.3 Å². The summed E-state index contributed by atoms with van der Waals surface area (Å²) >= 11 is 0. The van der Waals surface area contributed by atoms with Crippen molar-refractivity contribution in [1.82, 2.24) is 15.3 Å². The first-order valence-corrected chi connectivity index (χ1v) is 11.9. The van der Waals surface area contributed by atoms with E-state index in [0.717, 1.165) is 15.5 Å². The zero-order chi connectivity index (χ0) is 27.5. The van der Waals surface area contributed by atoms with Crippen molar-refractivity contribution < 1.29 is 33.4 Å². The van der Waals surface area contributed by atoms with Crippen molar-refractivity contribution >= 4 is 24.2 Å². The van der Waals surface area contributed by atoms with E-state index < -0.39 is 52.9 Å². The molecule has 10 heteroatoms. The SMILES string of the molecule is CC(C)(C)OC(=O)NN(C(=O)OC(C)(C)C)[C@H](C(=O)N1C(=O)OC[C@@H]1Cc1ccccc1)C(C)(C)C. The van der Waals surface area contributed by atoms with Gasteiger partial charge in [-0.2, -0.15) is 0 Å². The van der Waals surface area contributed by atoms with Gasteiger partial charge in [0.05, 0.1) is 6.04 Å². The number of amides is 4. The van der Waals surface area contributed by atoms with Gasteiger partial charge >= 0.3 is 18.3 Å². The van der Waals surface area contributed by atoms with E-state index in [-0.39, 0.29) is 6.61 Å². The van der Waals surface area contributed by atoms with Gasteiger partial charge in [0.25, 0.3) is 5.91 Å². The molecule has 0 saturated carbocycles. The third-order valence-electron chi connectivity index (χ3n) is 5.03. The Labute approximate surface area is 213 Å². The Morgan fingerprint density at radius 1 is 1.00 bits per heavy atom. The molecular weight excluding hydrogens is 466 g/mol. The summed E-state index contributed by atoms with van der Waals surface area (Å²) in [6, 6.07) is 7.49. The predicted molar refractivity (Wildman–Crippen MR) is 133 cm³/mol. The number of benzene rings is 1. The molecule has 0 spiro atoms. The van der Waals surface area contributed by atoms with Gasteiger partial charge in [-0.15, -0.1) is 0 Å². The predicted octanol–water partition coefficient (Wildman–Crippen LogP) is 4.67. The zero-order valence-corrected chi connectivity index (χ0v) is 22.7. The van der Waals surface area contributed by atoms with Crippen LogP contribution in [0, 0.1) is 5.41 Å². The van der Waals surface area contributed by atoms with Gasteiger partial charge in [0.15, 0.2) is 0 Å². The number of carbonyl (C=O) groups excluding carboxylic acids is 4. The van der Waals surface area contributed by atoms with Crippen molar-refractivity contribution in [3.05, 3.63) is 35.9 Å². The molecule has 0 aliphatic carbocycles. The summed E-state index contributed by atoms with van der Waals surface area (Å²) in [7, 11) is 0. The van der Waals surface area contributed by atoms with Crippen LogP contribution in [0.15, 0.2) is 30.3 Å². The molecule has 36 heavy (non-hydrogen) atoms. The van der Waals surface area contributed by atoms with Crippen LogP contribution in [0.3, 0.4) is 0 Å². The minimum Gasteiger partial charge on any atom is -0.447 e. The molecule has 200 valence electrons. The van der Waals surface area contributed by atoms with Crippen molar-refractivity contribution in [2.45, 2.75) is 92.0 Å². The molecule has 0 bridgehead atoms. The molecule has 0 aromatic heterocycles. The first-order chi connectivity index (χ1) is 16.4. The lowest BCUT2D eigenvalue weighted by molar-refractivity contribution is -0.140. The Morgan fingerprint density at radius 2 is 1.56 bits per heavy atom. The summed E-state index contributed by atoms with van der Waals surface area (Å²) < 4.78 is 16.0. The number of hydrogen-bond donors (Lipinski definition) is 1. The molecule has 1 aliphatic heterocycles. The Morgan fingerprint density at radius 3 is 2.06 bits per heavy atom. The maximum absolute atomic E-state index is 14.0. The molecule has 1 aromatic rings. The second-order valence-corrected chi connectivity index (χ2v) is 11.9. The van der Waals surface area contributed by atoms with Gasteiger partial charge in [-0.25, -0.2) is 29.7 Å². The average molecular weight is 506 g/mol. The number of cyclic esters (lactones) is 1. The topological polar surface area (TPSA) is 114 Å². The summed E-state index contributed by atoms with van der Waals surface area (Å²) in [5, 5.41) is 0.812. The van der Waals surface area contributed by atoms with Crippen LogP contribution in [0.5, 0.6) is 0 Å². The molecule has 0 unspecified atom stereocenters. The molecule has 4 amide bonds. The second-order valence-electron chi connectivity index (χ2n) is 11.9. The quantitative estimate of drug-likeness (QED) is 0.467. The second kappa shape index (κ2) is 10.8. The van der Waals surface area contributed by atoms with Crippen molar-refractivity contribution in [3.8, 4) is 0 Å². The van der Waals surface area contributed by atoms with E-state index in [2.05, 4.69) is 5.43 Å². The molecule has 10 nitrogen and oxygen atoms in total. The van der Waals surface area contributed by atoms with E-state index in [0.29, 0.717) is 6.42 Å². The van der Waals surface area contributed by atoms with Gasteiger partial charge in [-0.3, -0.25) is 4.79 Å². The summed E-state index contributed by atoms with van der Waals surface area (Å²) in [5.41, 5.74) is 0.601. The molecule has 1 heterocycles. The molecule has 1 aliphatic rings. The first-order valence-electron chi connectivity index (χ1n) is 11.9.